The number of nitrogens with one attached hydrogen (secondary N) is 2. The van der Waals surface area contributed by atoms with Gasteiger partial charge in [0.1, 0.15) is 0 Å². The summed E-state index contributed by atoms with van der Waals surface area (Å²) in [6, 6.07) is 7.45. The van der Waals surface area contributed by atoms with Gasteiger partial charge in [-0.25, -0.2) is 8.42 Å². The third-order valence-electron chi connectivity index (χ3n) is 2.36. The lowest BCUT2D eigenvalue weighted by atomic mass is 10.2. The Morgan fingerprint density at radius 2 is 1.78 bits per heavy atom. The fraction of sp³-hybridized carbons (Fsp3) is 0.500. The maximum Gasteiger partial charge on any atom is 0.229 e. The van der Waals surface area contributed by atoms with E-state index in [9.17, 15) is 8.42 Å². The quantitative estimate of drug-likeness (QED) is 0.795. The van der Waals surface area contributed by atoms with E-state index in [1.54, 1.807) is 19.2 Å². The van der Waals surface area contributed by atoms with Gasteiger partial charge in [0.15, 0.2) is 0 Å². The van der Waals surface area contributed by atoms with Crippen LogP contribution in [-0.4, -0.2) is 34.4 Å². The average Bonchev–Trinajstić information content (AvgIpc) is 2.27. The maximum absolute atomic E-state index is 11.0. The minimum absolute atomic E-state index is 0.304. The highest BCUT2D eigenvalue weighted by molar-refractivity contribution is 7.92. The molecule has 0 aliphatic carbocycles. The van der Waals surface area contributed by atoms with E-state index in [0.717, 1.165) is 18.4 Å². The summed E-state index contributed by atoms with van der Waals surface area (Å²) in [6.45, 7) is 2.78. The standard InChI is InChI=1S/C12H20N2O3S/c1-10(8-9-17-2)13-11-4-6-12(7-5-11)14-18(3,15)16/h4-7,10,13-14H,8-9H2,1-3H3. The molecule has 6 heteroatoms. The topological polar surface area (TPSA) is 67.4 Å². The van der Waals surface area contributed by atoms with Crippen LogP contribution in [0.25, 0.3) is 0 Å². The first-order valence-corrected chi connectivity index (χ1v) is 7.63. The lowest BCUT2D eigenvalue weighted by molar-refractivity contribution is 0.191. The van der Waals surface area contributed by atoms with Gasteiger partial charge in [0.2, 0.25) is 10.0 Å². The lowest BCUT2D eigenvalue weighted by Crippen LogP contribution is -2.17. The molecule has 1 unspecified atom stereocenters. The number of sulfonamides is 1. The second kappa shape index (κ2) is 6.61. The van der Waals surface area contributed by atoms with Crippen molar-refractivity contribution >= 4 is 21.4 Å². The van der Waals surface area contributed by atoms with E-state index >= 15 is 0 Å². The van der Waals surface area contributed by atoms with Crippen LogP contribution in [0.5, 0.6) is 0 Å². The molecule has 0 bridgehead atoms. The Bertz CT molecular complexity index is 457. The first-order chi connectivity index (χ1) is 8.40. The van der Waals surface area contributed by atoms with E-state index in [2.05, 4.69) is 17.0 Å². The Hall–Kier alpha value is -1.27. The summed E-state index contributed by atoms with van der Waals surface area (Å²) < 4.78 is 29.5. The molecule has 102 valence electrons. The number of rotatable bonds is 7. The van der Waals surface area contributed by atoms with Crippen molar-refractivity contribution in [2.24, 2.45) is 0 Å². The largest absolute Gasteiger partial charge is 0.385 e. The van der Waals surface area contributed by atoms with Gasteiger partial charge in [0, 0.05) is 31.1 Å². The fourth-order valence-electron chi connectivity index (χ4n) is 1.50. The molecule has 0 amide bonds. The molecule has 1 aromatic carbocycles. The number of methoxy groups -OCH3 is 1. The molecule has 5 nitrogen and oxygen atoms in total. The van der Waals surface area contributed by atoms with Crippen molar-refractivity contribution in [3.05, 3.63) is 24.3 Å². The third kappa shape index (κ3) is 5.88. The number of benzene rings is 1. The zero-order valence-corrected chi connectivity index (χ0v) is 11.8. The molecule has 2 N–H and O–H groups in total. The van der Waals surface area contributed by atoms with Crippen LogP contribution in [0.1, 0.15) is 13.3 Å². The predicted molar refractivity (Wildman–Crippen MR) is 74.5 cm³/mol. The number of ether oxygens (including phenoxy) is 1. The first-order valence-electron chi connectivity index (χ1n) is 5.74. The molecule has 1 rings (SSSR count). The van der Waals surface area contributed by atoms with E-state index in [4.69, 9.17) is 4.74 Å². The monoisotopic (exact) mass is 272 g/mol. The summed E-state index contributed by atoms with van der Waals surface area (Å²) in [6.07, 6.45) is 2.05. The summed E-state index contributed by atoms with van der Waals surface area (Å²) in [4.78, 5) is 0. The van der Waals surface area contributed by atoms with Crippen molar-refractivity contribution in [2.45, 2.75) is 19.4 Å². The Balaban J connectivity index is 2.55. The van der Waals surface area contributed by atoms with Crippen molar-refractivity contribution in [2.75, 3.05) is 30.0 Å². The SMILES string of the molecule is COCCC(C)Nc1ccc(NS(C)(=O)=O)cc1. The Kier molecular flexibility index (Phi) is 5.43. The van der Waals surface area contributed by atoms with E-state index < -0.39 is 10.0 Å². The van der Waals surface area contributed by atoms with Crippen LogP contribution in [0.2, 0.25) is 0 Å². The molecule has 0 spiro atoms. The van der Waals surface area contributed by atoms with E-state index in [1.165, 1.54) is 0 Å². The molecule has 0 aliphatic rings. The van der Waals surface area contributed by atoms with E-state index in [0.29, 0.717) is 18.3 Å². The molecule has 0 saturated heterocycles. The Morgan fingerprint density at radius 1 is 1.22 bits per heavy atom. The minimum Gasteiger partial charge on any atom is -0.385 e. The van der Waals surface area contributed by atoms with Crippen LogP contribution < -0.4 is 10.0 Å². The van der Waals surface area contributed by atoms with Gasteiger partial charge < -0.3 is 10.1 Å². The van der Waals surface area contributed by atoms with Crippen LogP contribution in [0.4, 0.5) is 11.4 Å². The van der Waals surface area contributed by atoms with Crippen molar-refractivity contribution in [1.82, 2.24) is 0 Å². The van der Waals surface area contributed by atoms with E-state index in [-0.39, 0.29) is 0 Å². The fourth-order valence-corrected chi connectivity index (χ4v) is 2.06. The van der Waals surface area contributed by atoms with E-state index in [1.807, 2.05) is 12.1 Å². The molecular weight excluding hydrogens is 252 g/mol. The van der Waals surface area contributed by atoms with Gasteiger partial charge in [-0.2, -0.15) is 0 Å². The van der Waals surface area contributed by atoms with Crippen molar-refractivity contribution in [3.8, 4) is 0 Å². The molecular formula is C12H20N2O3S. The highest BCUT2D eigenvalue weighted by atomic mass is 32.2. The highest BCUT2D eigenvalue weighted by Gasteiger charge is 2.03. The molecule has 18 heavy (non-hydrogen) atoms. The van der Waals surface area contributed by atoms with Gasteiger partial charge in [-0.05, 0) is 37.6 Å². The van der Waals surface area contributed by atoms with Gasteiger partial charge >= 0.3 is 0 Å². The third-order valence-corrected chi connectivity index (χ3v) is 2.96. The Morgan fingerprint density at radius 3 is 2.28 bits per heavy atom. The van der Waals surface area contributed by atoms with Crippen LogP contribution in [0.15, 0.2) is 24.3 Å². The lowest BCUT2D eigenvalue weighted by Gasteiger charge is -2.15. The Labute approximate surface area is 109 Å². The van der Waals surface area contributed by atoms with Crippen molar-refractivity contribution in [3.63, 3.8) is 0 Å². The van der Waals surface area contributed by atoms with Crippen LogP contribution in [0, 0.1) is 0 Å². The minimum atomic E-state index is -3.21. The highest BCUT2D eigenvalue weighted by Crippen LogP contribution is 2.15. The molecule has 0 radical (unpaired) electrons. The van der Waals surface area contributed by atoms with Gasteiger partial charge in [-0.1, -0.05) is 0 Å². The summed E-state index contributed by atoms with van der Waals surface area (Å²) in [5.74, 6) is 0. The van der Waals surface area contributed by atoms with Crippen LogP contribution in [0.3, 0.4) is 0 Å². The zero-order valence-electron chi connectivity index (χ0n) is 10.9. The smallest absolute Gasteiger partial charge is 0.229 e. The molecule has 0 aliphatic heterocycles. The average molecular weight is 272 g/mol. The van der Waals surface area contributed by atoms with Crippen LogP contribution in [-0.2, 0) is 14.8 Å². The molecule has 0 saturated carbocycles. The second-order valence-corrected chi connectivity index (χ2v) is 6.03. The summed E-state index contributed by atoms with van der Waals surface area (Å²) in [5.41, 5.74) is 1.52. The van der Waals surface area contributed by atoms with Crippen molar-refractivity contribution in [1.29, 1.82) is 0 Å². The van der Waals surface area contributed by atoms with Gasteiger partial charge in [0.05, 0.1) is 6.26 Å². The predicted octanol–water partition coefficient (Wildman–Crippen LogP) is 1.89. The second-order valence-electron chi connectivity index (χ2n) is 4.28. The molecule has 0 heterocycles. The van der Waals surface area contributed by atoms with Gasteiger partial charge in [0.25, 0.3) is 0 Å². The summed E-state index contributed by atoms with van der Waals surface area (Å²) >= 11 is 0. The van der Waals surface area contributed by atoms with Gasteiger partial charge in [-0.15, -0.1) is 0 Å². The molecule has 0 fully saturated rings. The first kappa shape index (κ1) is 14.8. The number of anilines is 2. The number of hydrogen-bond donors (Lipinski definition) is 2. The summed E-state index contributed by atoms with van der Waals surface area (Å²) in [5, 5.41) is 3.31. The zero-order chi connectivity index (χ0) is 13.6. The number of hydrogen-bond acceptors (Lipinski definition) is 4. The summed E-state index contributed by atoms with van der Waals surface area (Å²) in [7, 11) is -1.53. The molecule has 1 aromatic rings. The maximum atomic E-state index is 11.0. The normalized spacial score (nSPS) is 13.1. The van der Waals surface area contributed by atoms with Gasteiger partial charge in [-0.3, -0.25) is 4.72 Å². The molecule has 0 aromatic heterocycles. The van der Waals surface area contributed by atoms with Crippen molar-refractivity contribution < 1.29 is 13.2 Å². The van der Waals surface area contributed by atoms with Crippen LogP contribution >= 0.6 is 0 Å². The molecule has 1 atom stereocenters.